The van der Waals surface area contributed by atoms with Crippen molar-refractivity contribution in [2.24, 2.45) is 0 Å². The Bertz CT molecular complexity index is 941. The van der Waals surface area contributed by atoms with Crippen LogP contribution in [0.5, 0.6) is 0 Å². The third-order valence-electron chi connectivity index (χ3n) is 5.18. The molecule has 0 aliphatic carbocycles. The molecule has 31 heavy (non-hydrogen) atoms. The minimum atomic E-state index is -1.85. The predicted octanol–water partition coefficient (Wildman–Crippen LogP) is 2.63. The highest BCUT2D eigenvalue weighted by Crippen LogP contribution is 2.55. The smallest absolute Gasteiger partial charge is 0.145 e. The Labute approximate surface area is 197 Å². The monoisotopic (exact) mass is 490 g/mol. The molecule has 0 bridgehead atoms. The van der Waals surface area contributed by atoms with E-state index in [1.165, 1.54) is 21.5 Å². The zero-order valence-electron chi connectivity index (χ0n) is 18.0. The number of hydrogen-bond donors (Lipinski definition) is 0. The van der Waals surface area contributed by atoms with Gasteiger partial charge < -0.3 is 17.0 Å². The van der Waals surface area contributed by atoms with Crippen LogP contribution in [0.3, 0.4) is 0 Å². The molecule has 0 aromatic heterocycles. The SMILES string of the molecule is C\C(C=O)=C/C=C/C(C)=C/C[P+](c1ccccc1)(c1ccccc1)c1ccccc1.[Br-]. The van der Waals surface area contributed by atoms with Crippen LogP contribution >= 0.6 is 7.26 Å². The number of carbonyl (C=O) groups excluding carboxylic acids is 1. The first kappa shape index (κ1) is 24.7. The molecule has 0 saturated carbocycles. The van der Waals surface area contributed by atoms with Crippen LogP contribution < -0.4 is 32.9 Å². The second kappa shape index (κ2) is 12.3. The van der Waals surface area contributed by atoms with E-state index < -0.39 is 7.26 Å². The van der Waals surface area contributed by atoms with Crippen LogP contribution in [-0.2, 0) is 4.79 Å². The number of aldehydes is 1. The van der Waals surface area contributed by atoms with Crippen LogP contribution in [0, 0.1) is 0 Å². The van der Waals surface area contributed by atoms with Crippen LogP contribution in [0.25, 0.3) is 0 Å². The Balaban J connectivity index is 0.00000341. The van der Waals surface area contributed by atoms with Gasteiger partial charge in [0.05, 0.1) is 6.16 Å². The maximum atomic E-state index is 10.8. The van der Waals surface area contributed by atoms with E-state index in [9.17, 15) is 4.79 Å². The largest absolute Gasteiger partial charge is 1.00 e. The van der Waals surface area contributed by atoms with Crippen molar-refractivity contribution in [3.63, 3.8) is 0 Å². The molecule has 0 aliphatic rings. The first-order chi connectivity index (χ1) is 14.7. The Hall–Kier alpha value is -2.54. The molecule has 158 valence electrons. The number of halogens is 1. The molecule has 0 radical (unpaired) electrons. The van der Waals surface area contributed by atoms with Gasteiger partial charge in [-0.25, -0.2) is 0 Å². The van der Waals surface area contributed by atoms with Crippen molar-refractivity contribution < 1.29 is 21.8 Å². The molecule has 0 amide bonds. The zero-order chi connectivity index (χ0) is 21.2. The Morgan fingerprint density at radius 2 is 1.13 bits per heavy atom. The normalized spacial score (nSPS) is 12.5. The van der Waals surface area contributed by atoms with Crippen molar-refractivity contribution in [3.05, 3.63) is 126 Å². The van der Waals surface area contributed by atoms with E-state index >= 15 is 0 Å². The molecule has 0 aliphatic heterocycles. The van der Waals surface area contributed by atoms with Crippen molar-refractivity contribution in [2.75, 3.05) is 6.16 Å². The standard InChI is InChI=1S/C28H28OP.BrH/c1-24(13-12-14-25(2)23-29)21-22-30(26-15-6-3-7-16-26,27-17-8-4-9-18-27)28-19-10-5-11-20-28;/h3-21,23H,22H2,1-2H3;1H/q+1;/p-1/b13-12+,24-21+,25-14+;. The minimum absolute atomic E-state index is 0. The molecule has 0 saturated heterocycles. The number of rotatable bonds is 8. The van der Waals surface area contributed by atoms with Gasteiger partial charge >= 0.3 is 0 Å². The fraction of sp³-hybridized carbons (Fsp3) is 0.107. The highest BCUT2D eigenvalue weighted by atomic mass is 79.9. The summed E-state index contributed by atoms with van der Waals surface area (Å²) in [6.07, 6.45) is 10.0. The number of carbonyl (C=O) groups is 1. The molecule has 3 aromatic carbocycles. The third-order valence-corrected chi connectivity index (χ3v) is 9.45. The second-order valence-corrected chi connectivity index (χ2v) is 10.9. The van der Waals surface area contributed by atoms with E-state index in [0.717, 1.165) is 18.0 Å². The van der Waals surface area contributed by atoms with Gasteiger partial charge in [0.1, 0.15) is 29.5 Å². The number of hydrogen-bond acceptors (Lipinski definition) is 1. The summed E-state index contributed by atoms with van der Waals surface area (Å²) >= 11 is 0. The lowest BCUT2D eigenvalue weighted by atomic mass is 10.2. The van der Waals surface area contributed by atoms with Gasteiger partial charge in [-0.3, -0.25) is 4.79 Å². The van der Waals surface area contributed by atoms with E-state index in [0.29, 0.717) is 0 Å². The Morgan fingerprint density at radius 3 is 1.52 bits per heavy atom. The molecule has 0 atom stereocenters. The molecule has 0 N–H and O–H groups in total. The van der Waals surface area contributed by atoms with Crippen molar-refractivity contribution in [1.82, 2.24) is 0 Å². The highest BCUT2D eigenvalue weighted by Gasteiger charge is 2.44. The van der Waals surface area contributed by atoms with Gasteiger partial charge in [0.2, 0.25) is 0 Å². The molecular formula is C28H28BrOP. The van der Waals surface area contributed by atoms with Crippen LogP contribution in [0.2, 0.25) is 0 Å². The third kappa shape index (κ3) is 6.23. The fourth-order valence-electron chi connectivity index (χ4n) is 3.55. The summed E-state index contributed by atoms with van der Waals surface area (Å²) < 4.78 is 0. The summed E-state index contributed by atoms with van der Waals surface area (Å²) in [6, 6.07) is 32.7. The van der Waals surface area contributed by atoms with Gasteiger partial charge in [0.25, 0.3) is 0 Å². The maximum Gasteiger partial charge on any atom is 0.145 e. The average Bonchev–Trinajstić information content (AvgIpc) is 2.81. The first-order valence-electron chi connectivity index (χ1n) is 10.2. The molecule has 0 heterocycles. The zero-order valence-corrected chi connectivity index (χ0v) is 20.5. The van der Waals surface area contributed by atoms with Crippen LogP contribution in [0.1, 0.15) is 13.8 Å². The summed E-state index contributed by atoms with van der Waals surface area (Å²) in [4.78, 5) is 10.8. The van der Waals surface area contributed by atoms with Gasteiger partial charge in [-0.05, 0) is 61.9 Å². The molecular weight excluding hydrogens is 463 g/mol. The highest BCUT2D eigenvalue weighted by molar-refractivity contribution is 7.95. The molecule has 0 spiro atoms. The molecule has 1 nitrogen and oxygen atoms in total. The summed E-state index contributed by atoms with van der Waals surface area (Å²) in [5.74, 6) is 0. The average molecular weight is 491 g/mol. The first-order valence-corrected chi connectivity index (χ1v) is 12.2. The predicted molar refractivity (Wildman–Crippen MR) is 133 cm³/mol. The quantitative estimate of drug-likeness (QED) is 0.205. The summed E-state index contributed by atoms with van der Waals surface area (Å²) in [5.41, 5.74) is 1.91. The molecule has 0 unspecified atom stereocenters. The molecule has 3 heteroatoms. The lowest BCUT2D eigenvalue weighted by molar-refractivity contribution is -0.104. The van der Waals surface area contributed by atoms with Gasteiger partial charge in [-0.15, -0.1) is 0 Å². The number of benzene rings is 3. The van der Waals surface area contributed by atoms with Crippen LogP contribution in [-0.4, -0.2) is 12.4 Å². The molecule has 3 aromatic rings. The maximum absolute atomic E-state index is 10.8. The van der Waals surface area contributed by atoms with Gasteiger partial charge in [-0.2, -0.15) is 0 Å². The second-order valence-electron chi connectivity index (χ2n) is 7.33. The van der Waals surface area contributed by atoms with Crippen LogP contribution in [0.15, 0.2) is 126 Å². The summed E-state index contributed by atoms with van der Waals surface area (Å²) in [7, 11) is -1.85. The van der Waals surface area contributed by atoms with Gasteiger partial charge in [0.15, 0.2) is 0 Å². The number of allylic oxidation sites excluding steroid dienone is 6. The van der Waals surface area contributed by atoms with Crippen molar-refractivity contribution in [2.45, 2.75) is 13.8 Å². The van der Waals surface area contributed by atoms with Gasteiger partial charge in [0, 0.05) is 0 Å². The Morgan fingerprint density at radius 1 is 0.710 bits per heavy atom. The van der Waals surface area contributed by atoms with Crippen molar-refractivity contribution in [1.29, 1.82) is 0 Å². The van der Waals surface area contributed by atoms with E-state index in [4.69, 9.17) is 0 Å². The van der Waals surface area contributed by atoms with E-state index in [-0.39, 0.29) is 17.0 Å². The summed E-state index contributed by atoms with van der Waals surface area (Å²) in [6.45, 7) is 3.93. The van der Waals surface area contributed by atoms with E-state index in [1.807, 2.05) is 19.1 Å². The molecule has 0 fully saturated rings. The van der Waals surface area contributed by atoms with Crippen molar-refractivity contribution in [3.8, 4) is 0 Å². The topological polar surface area (TPSA) is 17.1 Å². The van der Waals surface area contributed by atoms with Gasteiger partial charge in [-0.1, -0.05) is 78.4 Å². The van der Waals surface area contributed by atoms with E-state index in [1.54, 1.807) is 0 Å². The van der Waals surface area contributed by atoms with Crippen molar-refractivity contribution >= 4 is 29.5 Å². The summed E-state index contributed by atoms with van der Waals surface area (Å²) in [5, 5.41) is 4.14. The fourth-order valence-corrected chi connectivity index (χ4v) is 7.68. The Kier molecular flexibility index (Phi) is 9.85. The van der Waals surface area contributed by atoms with E-state index in [2.05, 4.69) is 110 Å². The lowest BCUT2D eigenvalue weighted by Crippen LogP contribution is -3.00. The lowest BCUT2D eigenvalue weighted by Gasteiger charge is -2.26. The molecule has 3 rings (SSSR count). The van der Waals surface area contributed by atoms with Crippen LogP contribution in [0.4, 0.5) is 0 Å². The minimum Gasteiger partial charge on any atom is -1.00 e.